The van der Waals surface area contributed by atoms with Crippen LogP contribution in [0.25, 0.3) is 28.3 Å². The van der Waals surface area contributed by atoms with Gasteiger partial charge >= 0.3 is 0 Å². The lowest BCUT2D eigenvalue weighted by atomic mass is 9.87. The van der Waals surface area contributed by atoms with Crippen molar-refractivity contribution in [1.29, 1.82) is 0 Å². The first kappa shape index (κ1) is 18.0. The van der Waals surface area contributed by atoms with E-state index in [0.29, 0.717) is 6.42 Å². The van der Waals surface area contributed by atoms with Crippen molar-refractivity contribution in [3.05, 3.63) is 43.2 Å². The number of likely N-dealkylation sites (tertiary alicyclic amines) is 1. The molecule has 0 saturated carbocycles. The molecule has 1 aliphatic rings. The van der Waals surface area contributed by atoms with Gasteiger partial charge in [0.2, 0.25) is 0 Å². The van der Waals surface area contributed by atoms with E-state index in [4.69, 9.17) is 4.98 Å². The minimum atomic E-state index is -0.354. The zero-order valence-electron chi connectivity index (χ0n) is 16.5. The van der Waals surface area contributed by atoms with Crippen molar-refractivity contribution in [2.75, 3.05) is 26.3 Å². The monoisotopic (exact) mass is 394 g/mol. The Morgan fingerprint density at radius 1 is 1.14 bits per heavy atom. The highest BCUT2D eigenvalue weighted by atomic mass is 19.1. The Kier molecular flexibility index (Phi) is 4.20. The van der Waals surface area contributed by atoms with E-state index in [-0.39, 0.29) is 12.2 Å². The first-order valence-electron chi connectivity index (χ1n) is 9.79. The number of alkyl halides is 1. The molecule has 0 unspecified atom stereocenters. The molecule has 8 nitrogen and oxygen atoms in total. The van der Waals surface area contributed by atoms with Crippen LogP contribution in [0.5, 0.6) is 0 Å². The number of fused-ring (bicyclic) bond motifs is 1. The number of aryl methyl sites for hydroxylation is 1. The van der Waals surface area contributed by atoms with E-state index in [1.54, 1.807) is 17.1 Å². The molecule has 0 bridgehead atoms. The van der Waals surface area contributed by atoms with Gasteiger partial charge in [0.05, 0.1) is 35.9 Å². The summed E-state index contributed by atoms with van der Waals surface area (Å²) in [5, 5.41) is 8.85. The molecule has 29 heavy (non-hydrogen) atoms. The molecule has 1 aliphatic heterocycles. The second-order valence-electron chi connectivity index (χ2n) is 7.66. The summed E-state index contributed by atoms with van der Waals surface area (Å²) < 4.78 is 18.9. The van der Waals surface area contributed by atoms with Crippen LogP contribution in [0, 0.1) is 0 Å². The van der Waals surface area contributed by atoms with Crippen molar-refractivity contribution in [2.45, 2.75) is 18.9 Å². The fraction of sp³-hybridized carbons (Fsp3) is 0.400. The molecule has 0 N–H and O–H groups in total. The third-order valence-electron chi connectivity index (χ3n) is 5.76. The van der Waals surface area contributed by atoms with Gasteiger partial charge in [0.15, 0.2) is 0 Å². The minimum absolute atomic E-state index is 0.280. The van der Waals surface area contributed by atoms with Crippen molar-refractivity contribution in [1.82, 2.24) is 38.8 Å². The van der Waals surface area contributed by atoms with Crippen molar-refractivity contribution in [3.63, 3.8) is 0 Å². The zero-order chi connectivity index (χ0) is 20.0. The average molecular weight is 394 g/mol. The van der Waals surface area contributed by atoms with E-state index in [2.05, 4.69) is 27.0 Å². The van der Waals surface area contributed by atoms with E-state index in [1.165, 1.54) is 0 Å². The molecular weight excluding hydrogens is 371 g/mol. The Hall–Kier alpha value is -3.07. The lowest BCUT2D eigenvalue weighted by Gasteiger charge is -2.49. The van der Waals surface area contributed by atoms with Gasteiger partial charge in [-0.3, -0.25) is 23.1 Å². The summed E-state index contributed by atoms with van der Waals surface area (Å²) in [6.07, 6.45) is 11.6. The second kappa shape index (κ2) is 6.77. The Bertz CT molecular complexity index is 1150. The molecule has 5 rings (SSSR count). The summed E-state index contributed by atoms with van der Waals surface area (Å²) >= 11 is 0. The molecule has 0 aliphatic carbocycles. The number of aromatic nitrogens is 7. The van der Waals surface area contributed by atoms with Crippen LogP contribution >= 0.6 is 0 Å². The number of likely N-dealkylation sites (N-methyl/N-ethyl adjacent to an activating group) is 1. The normalized spacial score (nSPS) is 16.4. The predicted molar refractivity (Wildman–Crippen MR) is 107 cm³/mol. The number of nitrogens with zero attached hydrogens (tertiary/aromatic N) is 8. The summed E-state index contributed by atoms with van der Waals surface area (Å²) in [6.45, 7) is 4.37. The summed E-state index contributed by atoms with van der Waals surface area (Å²) in [5.74, 6) is 0.757. The summed E-state index contributed by atoms with van der Waals surface area (Å²) in [4.78, 5) is 11.6. The molecule has 5 heterocycles. The van der Waals surface area contributed by atoms with Gasteiger partial charge in [-0.15, -0.1) is 0 Å². The van der Waals surface area contributed by atoms with Crippen molar-refractivity contribution in [3.8, 4) is 22.6 Å². The van der Waals surface area contributed by atoms with E-state index in [1.807, 2.05) is 47.0 Å². The molecule has 150 valence electrons. The fourth-order valence-electron chi connectivity index (χ4n) is 4.13. The highest BCUT2D eigenvalue weighted by Gasteiger charge is 2.44. The number of halogens is 1. The molecule has 0 spiro atoms. The summed E-state index contributed by atoms with van der Waals surface area (Å²) in [6, 6.07) is 1.95. The third-order valence-corrected chi connectivity index (χ3v) is 5.76. The molecule has 0 radical (unpaired) electrons. The van der Waals surface area contributed by atoms with Crippen LogP contribution in [0.1, 0.15) is 13.3 Å². The van der Waals surface area contributed by atoms with E-state index in [0.717, 1.165) is 47.9 Å². The molecule has 4 aromatic heterocycles. The first-order valence-corrected chi connectivity index (χ1v) is 9.79. The predicted octanol–water partition coefficient (Wildman–Crippen LogP) is 2.38. The van der Waals surface area contributed by atoms with Gasteiger partial charge in [-0.1, -0.05) is 6.92 Å². The Morgan fingerprint density at radius 3 is 2.69 bits per heavy atom. The lowest BCUT2D eigenvalue weighted by Crippen LogP contribution is -2.62. The molecule has 0 atom stereocenters. The number of rotatable bonds is 6. The summed E-state index contributed by atoms with van der Waals surface area (Å²) in [7, 11) is 1.88. The maximum absolute atomic E-state index is 13.3. The van der Waals surface area contributed by atoms with Crippen molar-refractivity contribution < 1.29 is 4.39 Å². The molecule has 1 fully saturated rings. The Balaban J connectivity index is 1.57. The SMILES string of the molecule is CCN1CC(CCF)(n2cc(-c3nc(-c4cnn(C)c4)cc4nccn34)cn2)C1. The summed E-state index contributed by atoms with van der Waals surface area (Å²) in [5.41, 5.74) is 3.14. The zero-order valence-corrected chi connectivity index (χ0v) is 16.5. The largest absolute Gasteiger partial charge is 0.299 e. The van der Waals surface area contributed by atoms with Crippen LogP contribution in [0.3, 0.4) is 0 Å². The van der Waals surface area contributed by atoms with E-state index < -0.39 is 0 Å². The molecule has 0 amide bonds. The quantitative estimate of drug-likeness (QED) is 0.502. The maximum atomic E-state index is 13.3. The van der Waals surface area contributed by atoms with Gasteiger partial charge in [-0.05, 0) is 6.54 Å². The number of hydrogen-bond acceptors (Lipinski definition) is 5. The Labute approximate surface area is 167 Å². The van der Waals surface area contributed by atoms with Gasteiger partial charge in [-0.25, -0.2) is 9.97 Å². The van der Waals surface area contributed by atoms with Gasteiger partial charge in [-0.2, -0.15) is 10.2 Å². The third kappa shape index (κ3) is 2.93. The molecule has 9 heteroatoms. The topological polar surface area (TPSA) is 69.1 Å². The molecular formula is C20H23FN8. The van der Waals surface area contributed by atoms with E-state index >= 15 is 0 Å². The lowest BCUT2D eigenvalue weighted by molar-refractivity contribution is -0.00506. The van der Waals surface area contributed by atoms with Crippen molar-refractivity contribution in [2.24, 2.45) is 7.05 Å². The van der Waals surface area contributed by atoms with Crippen LogP contribution in [-0.2, 0) is 12.6 Å². The first-order chi connectivity index (χ1) is 14.1. The van der Waals surface area contributed by atoms with Crippen LogP contribution < -0.4 is 0 Å². The van der Waals surface area contributed by atoms with Gasteiger partial charge in [0.1, 0.15) is 11.5 Å². The highest BCUT2D eigenvalue weighted by molar-refractivity contribution is 5.68. The van der Waals surface area contributed by atoms with Gasteiger partial charge < -0.3 is 0 Å². The standard InChI is InChI=1S/C20H23FN8/c1-3-27-13-20(14-27,4-5-21)29-12-16(10-24-29)19-25-17(15-9-23-26(2)11-15)8-18-22-6-7-28(18)19/h6-12H,3-5,13-14H2,1-2H3. The van der Waals surface area contributed by atoms with Crippen LogP contribution in [0.4, 0.5) is 4.39 Å². The Morgan fingerprint density at radius 2 is 1.97 bits per heavy atom. The smallest absolute Gasteiger partial charge is 0.149 e. The number of hydrogen-bond donors (Lipinski definition) is 0. The van der Waals surface area contributed by atoms with E-state index in [9.17, 15) is 4.39 Å². The fourth-order valence-corrected chi connectivity index (χ4v) is 4.13. The van der Waals surface area contributed by atoms with Gasteiger partial charge in [0.25, 0.3) is 0 Å². The highest BCUT2D eigenvalue weighted by Crippen LogP contribution is 2.34. The second-order valence-corrected chi connectivity index (χ2v) is 7.66. The van der Waals surface area contributed by atoms with Crippen LogP contribution in [0.15, 0.2) is 43.2 Å². The van der Waals surface area contributed by atoms with Crippen molar-refractivity contribution >= 4 is 5.65 Å². The minimum Gasteiger partial charge on any atom is -0.299 e. The van der Waals surface area contributed by atoms with Gasteiger partial charge in [0, 0.05) is 63.0 Å². The molecule has 0 aromatic carbocycles. The number of imidazole rings is 1. The van der Waals surface area contributed by atoms with Crippen LogP contribution in [0.2, 0.25) is 0 Å². The van der Waals surface area contributed by atoms with Crippen LogP contribution in [-0.4, -0.2) is 65.1 Å². The maximum Gasteiger partial charge on any atom is 0.149 e. The molecule has 1 saturated heterocycles. The molecule has 4 aromatic rings. The average Bonchev–Trinajstić information content (AvgIpc) is 3.43.